The van der Waals surface area contributed by atoms with Gasteiger partial charge in [-0.3, -0.25) is 4.79 Å². The fraction of sp³-hybridized carbons (Fsp3) is 0.150. The molecular formula is C20H17NOS2. The first kappa shape index (κ1) is 15.5. The van der Waals surface area contributed by atoms with Crippen LogP contribution in [0, 0.1) is 0 Å². The van der Waals surface area contributed by atoms with Crippen LogP contribution in [0.5, 0.6) is 0 Å². The third-order valence-corrected chi connectivity index (χ3v) is 6.38. The number of hydrogen-bond acceptors (Lipinski definition) is 3. The van der Waals surface area contributed by atoms with Crippen LogP contribution in [0.4, 0.5) is 5.69 Å². The van der Waals surface area contributed by atoms with Crippen LogP contribution in [0.3, 0.4) is 0 Å². The molecule has 0 unspecified atom stereocenters. The molecule has 4 rings (SSSR count). The van der Waals surface area contributed by atoms with Gasteiger partial charge in [-0.15, -0.1) is 23.1 Å². The molecular weight excluding hydrogens is 334 g/mol. The van der Waals surface area contributed by atoms with E-state index in [1.165, 1.54) is 10.4 Å². The molecule has 1 aromatic heterocycles. The molecule has 0 radical (unpaired) electrons. The Balaban J connectivity index is 1.59. The van der Waals surface area contributed by atoms with E-state index < -0.39 is 0 Å². The Morgan fingerprint density at radius 1 is 1.04 bits per heavy atom. The van der Waals surface area contributed by atoms with Crippen LogP contribution in [0.15, 0.2) is 70.9 Å². The summed E-state index contributed by atoms with van der Waals surface area (Å²) in [6.07, 6.45) is 0.937. The van der Waals surface area contributed by atoms with E-state index in [9.17, 15) is 4.79 Å². The summed E-state index contributed by atoms with van der Waals surface area (Å²) in [4.78, 5) is 17.4. The summed E-state index contributed by atoms with van der Waals surface area (Å²) in [5.41, 5.74) is 3.12. The summed E-state index contributed by atoms with van der Waals surface area (Å²) in [6, 6.07) is 20.3. The van der Waals surface area contributed by atoms with Crippen LogP contribution in [-0.2, 0) is 12.2 Å². The van der Waals surface area contributed by atoms with Crippen LogP contribution >= 0.6 is 23.1 Å². The number of fused-ring (bicyclic) bond motifs is 1. The molecule has 2 heterocycles. The van der Waals surface area contributed by atoms with Gasteiger partial charge in [0, 0.05) is 27.8 Å². The van der Waals surface area contributed by atoms with Gasteiger partial charge in [-0.25, -0.2) is 0 Å². The molecule has 24 heavy (non-hydrogen) atoms. The van der Waals surface area contributed by atoms with Gasteiger partial charge in [-0.1, -0.05) is 36.4 Å². The van der Waals surface area contributed by atoms with E-state index in [1.54, 1.807) is 23.1 Å². The number of benzene rings is 2. The minimum absolute atomic E-state index is 0.106. The Bertz CT molecular complexity index is 858. The standard InChI is InChI=1S/C20H17NOS2/c22-20(21-12-11-15-6-1-3-9-18(15)21)17-8-2-4-10-19(17)24-14-16-7-5-13-23-16/h1-10,13H,11-12,14H2. The Kier molecular flexibility index (Phi) is 4.41. The largest absolute Gasteiger partial charge is 0.308 e. The van der Waals surface area contributed by atoms with Gasteiger partial charge in [0.1, 0.15) is 0 Å². The van der Waals surface area contributed by atoms with Crippen molar-refractivity contribution in [2.45, 2.75) is 17.1 Å². The van der Waals surface area contributed by atoms with E-state index in [4.69, 9.17) is 0 Å². The number of para-hydroxylation sites is 1. The molecule has 0 saturated heterocycles. The summed E-state index contributed by atoms with van der Waals surface area (Å²) in [5.74, 6) is 1.01. The summed E-state index contributed by atoms with van der Waals surface area (Å²) >= 11 is 3.49. The fourth-order valence-electron chi connectivity index (χ4n) is 3.01. The monoisotopic (exact) mass is 351 g/mol. The number of thiophene rings is 1. The van der Waals surface area contributed by atoms with E-state index in [0.29, 0.717) is 0 Å². The second-order valence-corrected chi connectivity index (χ2v) is 7.75. The minimum Gasteiger partial charge on any atom is -0.308 e. The fourth-order valence-corrected chi connectivity index (χ4v) is 4.83. The number of hydrogen-bond donors (Lipinski definition) is 0. The first-order valence-electron chi connectivity index (χ1n) is 7.97. The van der Waals surface area contributed by atoms with Crippen molar-refractivity contribution in [1.29, 1.82) is 0 Å². The molecule has 0 atom stereocenters. The maximum Gasteiger partial charge on any atom is 0.259 e. The molecule has 0 aliphatic carbocycles. The number of carbonyl (C=O) groups excluding carboxylic acids is 1. The second kappa shape index (κ2) is 6.83. The quantitative estimate of drug-likeness (QED) is 0.599. The van der Waals surface area contributed by atoms with Crippen molar-refractivity contribution >= 4 is 34.7 Å². The van der Waals surface area contributed by atoms with Gasteiger partial charge in [-0.2, -0.15) is 0 Å². The number of carbonyl (C=O) groups is 1. The highest BCUT2D eigenvalue weighted by Crippen LogP contribution is 2.32. The third kappa shape index (κ3) is 2.99. The van der Waals surface area contributed by atoms with Crippen molar-refractivity contribution in [2.24, 2.45) is 0 Å². The lowest BCUT2D eigenvalue weighted by molar-refractivity contribution is 0.0986. The molecule has 4 heteroatoms. The normalized spacial score (nSPS) is 13.1. The minimum atomic E-state index is 0.106. The number of anilines is 1. The molecule has 2 aromatic carbocycles. The maximum absolute atomic E-state index is 13.1. The van der Waals surface area contributed by atoms with Crippen molar-refractivity contribution in [2.75, 3.05) is 11.4 Å². The Morgan fingerprint density at radius 3 is 2.75 bits per heavy atom. The average molecular weight is 351 g/mol. The van der Waals surface area contributed by atoms with Gasteiger partial charge < -0.3 is 4.90 Å². The van der Waals surface area contributed by atoms with Gasteiger partial charge in [0.2, 0.25) is 0 Å². The van der Waals surface area contributed by atoms with E-state index >= 15 is 0 Å². The zero-order valence-corrected chi connectivity index (χ0v) is 14.8. The molecule has 1 aliphatic heterocycles. The van der Waals surface area contributed by atoms with Crippen LogP contribution in [0.25, 0.3) is 0 Å². The average Bonchev–Trinajstić information content (AvgIpc) is 3.29. The number of amides is 1. The van der Waals surface area contributed by atoms with Gasteiger partial charge in [-0.05, 0) is 41.6 Å². The SMILES string of the molecule is O=C(c1ccccc1SCc1cccs1)N1CCc2ccccc21. The number of nitrogens with zero attached hydrogens (tertiary/aromatic N) is 1. The molecule has 120 valence electrons. The number of thioether (sulfide) groups is 1. The van der Waals surface area contributed by atoms with Crippen molar-refractivity contribution in [3.63, 3.8) is 0 Å². The van der Waals surface area contributed by atoms with Gasteiger partial charge in [0.25, 0.3) is 5.91 Å². The highest BCUT2D eigenvalue weighted by Gasteiger charge is 2.26. The van der Waals surface area contributed by atoms with Gasteiger partial charge >= 0.3 is 0 Å². The van der Waals surface area contributed by atoms with Gasteiger partial charge in [0.05, 0.1) is 5.56 Å². The maximum atomic E-state index is 13.1. The molecule has 0 saturated carbocycles. The smallest absolute Gasteiger partial charge is 0.259 e. The van der Waals surface area contributed by atoms with Crippen LogP contribution in [0.1, 0.15) is 20.8 Å². The zero-order chi connectivity index (χ0) is 16.4. The van der Waals surface area contributed by atoms with E-state index in [0.717, 1.165) is 34.9 Å². The summed E-state index contributed by atoms with van der Waals surface area (Å²) in [7, 11) is 0. The molecule has 0 N–H and O–H groups in total. The Labute approximate surface area is 150 Å². The summed E-state index contributed by atoms with van der Waals surface area (Å²) in [6.45, 7) is 0.766. The predicted molar refractivity (Wildman–Crippen MR) is 102 cm³/mol. The molecule has 1 aliphatic rings. The predicted octanol–water partition coefficient (Wildman–Crippen LogP) is 5.24. The molecule has 0 bridgehead atoms. The molecule has 3 aromatic rings. The first-order chi connectivity index (χ1) is 11.8. The molecule has 2 nitrogen and oxygen atoms in total. The lowest BCUT2D eigenvalue weighted by atomic mass is 10.1. The highest BCUT2D eigenvalue weighted by molar-refractivity contribution is 7.98. The third-order valence-electron chi connectivity index (χ3n) is 4.20. The molecule has 0 spiro atoms. The highest BCUT2D eigenvalue weighted by atomic mass is 32.2. The summed E-state index contributed by atoms with van der Waals surface area (Å²) in [5, 5.41) is 2.09. The van der Waals surface area contributed by atoms with Crippen LogP contribution < -0.4 is 4.90 Å². The topological polar surface area (TPSA) is 20.3 Å². The summed E-state index contributed by atoms with van der Waals surface area (Å²) < 4.78 is 0. The van der Waals surface area contributed by atoms with Crippen molar-refractivity contribution < 1.29 is 4.79 Å². The zero-order valence-electron chi connectivity index (χ0n) is 13.1. The Hall–Kier alpha value is -2.04. The second-order valence-electron chi connectivity index (χ2n) is 5.70. The van der Waals surface area contributed by atoms with Crippen molar-refractivity contribution in [3.8, 4) is 0 Å². The number of rotatable bonds is 4. The van der Waals surface area contributed by atoms with E-state index in [-0.39, 0.29) is 5.91 Å². The lowest BCUT2D eigenvalue weighted by Crippen LogP contribution is -2.29. The van der Waals surface area contributed by atoms with Crippen molar-refractivity contribution in [1.82, 2.24) is 0 Å². The van der Waals surface area contributed by atoms with Crippen LogP contribution in [-0.4, -0.2) is 12.5 Å². The van der Waals surface area contributed by atoms with E-state index in [2.05, 4.69) is 23.6 Å². The first-order valence-corrected chi connectivity index (χ1v) is 9.83. The lowest BCUT2D eigenvalue weighted by Gasteiger charge is -2.19. The van der Waals surface area contributed by atoms with E-state index in [1.807, 2.05) is 47.4 Å². The van der Waals surface area contributed by atoms with Crippen LogP contribution in [0.2, 0.25) is 0 Å². The van der Waals surface area contributed by atoms with Gasteiger partial charge in [0.15, 0.2) is 0 Å². The molecule has 0 fully saturated rings. The molecule has 1 amide bonds. The Morgan fingerprint density at radius 2 is 1.88 bits per heavy atom. The van der Waals surface area contributed by atoms with Crippen molar-refractivity contribution in [3.05, 3.63) is 82.0 Å².